The van der Waals surface area contributed by atoms with Crippen LogP contribution in [-0.2, 0) is 4.79 Å². The number of amides is 2. The van der Waals surface area contributed by atoms with E-state index in [0.717, 1.165) is 22.8 Å². The molecule has 0 spiro atoms. The first kappa shape index (κ1) is 25.5. The van der Waals surface area contributed by atoms with Gasteiger partial charge in [0.25, 0.3) is 11.8 Å². The van der Waals surface area contributed by atoms with Crippen LogP contribution in [-0.4, -0.2) is 42.1 Å². The topological polar surface area (TPSA) is 105 Å². The van der Waals surface area contributed by atoms with E-state index >= 15 is 0 Å². The number of aliphatic carboxylic acids is 1. The van der Waals surface area contributed by atoms with Crippen molar-refractivity contribution in [2.24, 2.45) is 5.92 Å². The van der Waals surface area contributed by atoms with Gasteiger partial charge in [0.05, 0.1) is 22.5 Å². The van der Waals surface area contributed by atoms with E-state index in [1.54, 1.807) is 12.1 Å². The fourth-order valence-corrected chi connectivity index (χ4v) is 5.06. The van der Waals surface area contributed by atoms with Crippen molar-refractivity contribution in [3.05, 3.63) is 64.3 Å². The molecule has 2 aromatic carbocycles. The number of nitrogens with one attached hydrogen (secondary N) is 2. The summed E-state index contributed by atoms with van der Waals surface area (Å²) in [5.74, 6) is -5.98. The third-order valence-electron chi connectivity index (χ3n) is 6.01. The molecule has 0 bridgehead atoms. The van der Waals surface area contributed by atoms with E-state index in [0.29, 0.717) is 35.3 Å². The highest BCUT2D eigenvalue weighted by atomic mass is 32.1. The Morgan fingerprint density at radius 3 is 2.31 bits per heavy atom. The van der Waals surface area contributed by atoms with Gasteiger partial charge in [0, 0.05) is 17.8 Å². The summed E-state index contributed by atoms with van der Waals surface area (Å²) in [5.41, 5.74) is -0.507. The fraction of sp³-hybridized carbons (Fsp3) is 0.320. The van der Waals surface area contributed by atoms with Crippen LogP contribution in [0.5, 0.6) is 5.75 Å². The molecule has 2 amide bonds. The number of thiophene rings is 1. The first-order valence-electron chi connectivity index (χ1n) is 11.4. The lowest BCUT2D eigenvalue weighted by Gasteiger charge is -2.27. The Hall–Kier alpha value is -3.60. The number of benzene rings is 2. The summed E-state index contributed by atoms with van der Waals surface area (Å²) in [4.78, 5) is 36.0. The van der Waals surface area contributed by atoms with Gasteiger partial charge in [-0.3, -0.25) is 14.4 Å². The third kappa shape index (κ3) is 5.78. The Bertz CT molecular complexity index is 1300. The fourth-order valence-electron chi connectivity index (χ4n) is 4.06. The van der Waals surface area contributed by atoms with Crippen molar-refractivity contribution in [1.29, 1.82) is 0 Å². The van der Waals surface area contributed by atoms with Gasteiger partial charge >= 0.3 is 5.97 Å². The average Bonchev–Trinajstić information content (AvgIpc) is 3.28. The molecule has 7 nitrogen and oxygen atoms in total. The Balaban J connectivity index is 1.27. The summed E-state index contributed by atoms with van der Waals surface area (Å²) >= 11 is 1.13. The monoisotopic (exact) mass is 520 g/mol. The predicted molar refractivity (Wildman–Crippen MR) is 127 cm³/mol. The molecule has 0 atom stereocenters. The summed E-state index contributed by atoms with van der Waals surface area (Å²) < 4.78 is 48.5. The van der Waals surface area contributed by atoms with Gasteiger partial charge in [-0.1, -0.05) is 6.07 Å². The summed E-state index contributed by atoms with van der Waals surface area (Å²) in [6.07, 6.45) is 1.16. The standard InChI is InChI=1S/C25H23F3N2O5S/c26-15-4-1-14-11-20(36-19(14)12-15)24(32)30-10-9-29-23(31)17-7-8-18(22(28)21(17)27)35-16-5-2-13(3-6-16)25(33)34/h1,4,7-8,11-13,16H,2-3,5-6,9-10H2,(H,29,31)(H,30,32)(H,33,34). The Morgan fingerprint density at radius 1 is 0.917 bits per heavy atom. The molecule has 11 heteroatoms. The number of hydrogen-bond donors (Lipinski definition) is 3. The lowest BCUT2D eigenvalue weighted by Crippen LogP contribution is -2.34. The Morgan fingerprint density at radius 2 is 1.61 bits per heavy atom. The second kappa shape index (κ2) is 11.0. The number of hydrogen-bond acceptors (Lipinski definition) is 5. The molecule has 1 aliphatic carbocycles. The van der Waals surface area contributed by atoms with Gasteiger partial charge in [-0.2, -0.15) is 4.39 Å². The number of carbonyl (C=O) groups excluding carboxylic acids is 2. The first-order chi connectivity index (χ1) is 17.2. The zero-order chi connectivity index (χ0) is 25.8. The number of carboxylic acid groups (broad SMARTS) is 1. The lowest BCUT2D eigenvalue weighted by molar-refractivity contribution is -0.143. The minimum absolute atomic E-state index is 0.0315. The normalized spacial score (nSPS) is 17.5. The number of halogens is 3. The maximum absolute atomic E-state index is 14.5. The van der Waals surface area contributed by atoms with Crippen LogP contribution in [0.15, 0.2) is 36.4 Å². The summed E-state index contributed by atoms with van der Waals surface area (Å²) in [6, 6.07) is 8.13. The summed E-state index contributed by atoms with van der Waals surface area (Å²) in [7, 11) is 0. The lowest BCUT2D eigenvalue weighted by atomic mass is 9.87. The van der Waals surface area contributed by atoms with Crippen molar-refractivity contribution in [3.63, 3.8) is 0 Å². The molecule has 0 radical (unpaired) electrons. The molecule has 1 aliphatic rings. The van der Waals surface area contributed by atoms with Gasteiger partial charge < -0.3 is 20.5 Å². The zero-order valence-corrected chi connectivity index (χ0v) is 19.8. The molecule has 190 valence electrons. The van der Waals surface area contributed by atoms with Crippen molar-refractivity contribution in [2.45, 2.75) is 31.8 Å². The second-order valence-corrected chi connectivity index (χ2v) is 9.56. The number of fused-ring (bicyclic) bond motifs is 1. The van der Waals surface area contributed by atoms with Crippen molar-refractivity contribution in [2.75, 3.05) is 13.1 Å². The van der Waals surface area contributed by atoms with Crippen LogP contribution in [0.25, 0.3) is 10.1 Å². The van der Waals surface area contributed by atoms with E-state index < -0.39 is 52.8 Å². The van der Waals surface area contributed by atoms with Crippen LogP contribution in [0.3, 0.4) is 0 Å². The second-order valence-electron chi connectivity index (χ2n) is 8.47. The van der Waals surface area contributed by atoms with Gasteiger partial charge in [0.2, 0.25) is 5.82 Å². The summed E-state index contributed by atoms with van der Waals surface area (Å²) in [5, 5.41) is 14.8. The largest absolute Gasteiger partial charge is 0.487 e. The van der Waals surface area contributed by atoms with E-state index in [9.17, 15) is 27.6 Å². The highest BCUT2D eigenvalue weighted by Gasteiger charge is 2.28. The van der Waals surface area contributed by atoms with Crippen LogP contribution in [0.2, 0.25) is 0 Å². The molecule has 0 unspecified atom stereocenters. The molecule has 36 heavy (non-hydrogen) atoms. The molecular formula is C25H23F3N2O5S. The maximum Gasteiger partial charge on any atom is 0.306 e. The first-order valence-corrected chi connectivity index (χ1v) is 12.2. The maximum atomic E-state index is 14.5. The molecule has 4 rings (SSSR count). The molecule has 1 fully saturated rings. The molecule has 1 saturated carbocycles. The van der Waals surface area contributed by atoms with Gasteiger partial charge in [-0.15, -0.1) is 11.3 Å². The Kier molecular flexibility index (Phi) is 7.78. The smallest absolute Gasteiger partial charge is 0.306 e. The molecule has 1 aromatic heterocycles. The summed E-state index contributed by atoms with van der Waals surface area (Å²) in [6.45, 7) is 0.00766. The molecule has 0 aliphatic heterocycles. The van der Waals surface area contributed by atoms with Crippen LogP contribution in [0, 0.1) is 23.4 Å². The molecule has 1 heterocycles. The van der Waals surface area contributed by atoms with Crippen molar-refractivity contribution >= 4 is 39.2 Å². The average molecular weight is 521 g/mol. The van der Waals surface area contributed by atoms with Crippen molar-refractivity contribution < 1.29 is 37.4 Å². The number of carboxylic acids is 1. The Labute approximate surface area is 208 Å². The number of carbonyl (C=O) groups is 3. The van der Waals surface area contributed by atoms with E-state index in [1.165, 1.54) is 18.2 Å². The van der Waals surface area contributed by atoms with E-state index in [4.69, 9.17) is 9.84 Å². The molecule has 3 aromatic rings. The van der Waals surface area contributed by atoms with Crippen LogP contribution in [0.1, 0.15) is 45.7 Å². The van der Waals surface area contributed by atoms with Crippen LogP contribution >= 0.6 is 11.3 Å². The van der Waals surface area contributed by atoms with E-state index in [2.05, 4.69) is 10.6 Å². The van der Waals surface area contributed by atoms with Crippen LogP contribution in [0.4, 0.5) is 13.2 Å². The zero-order valence-electron chi connectivity index (χ0n) is 19.0. The minimum atomic E-state index is -1.36. The van der Waals surface area contributed by atoms with Gasteiger partial charge in [0.1, 0.15) is 5.82 Å². The third-order valence-corrected chi connectivity index (χ3v) is 7.11. The van der Waals surface area contributed by atoms with E-state index in [1.807, 2.05) is 0 Å². The highest BCUT2D eigenvalue weighted by Crippen LogP contribution is 2.30. The quantitative estimate of drug-likeness (QED) is 0.380. The van der Waals surface area contributed by atoms with E-state index in [-0.39, 0.29) is 18.8 Å². The van der Waals surface area contributed by atoms with Gasteiger partial charge in [-0.25, -0.2) is 8.78 Å². The SMILES string of the molecule is O=C(NCCNC(=O)c1ccc(OC2CCC(C(=O)O)CC2)c(F)c1F)c1cc2ccc(F)cc2s1. The number of rotatable bonds is 8. The molecule has 3 N–H and O–H groups in total. The van der Waals surface area contributed by atoms with Gasteiger partial charge in [-0.05, 0) is 61.4 Å². The highest BCUT2D eigenvalue weighted by molar-refractivity contribution is 7.20. The van der Waals surface area contributed by atoms with Crippen LogP contribution < -0.4 is 15.4 Å². The molecule has 0 saturated heterocycles. The van der Waals surface area contributed by atoms with Crippen molar-refractivity contribution in [1.82, 2.24) is 10.6 Å². The predicted octanol–water partition coefficient (Wildman–Crippen LogP) is 4.50. The number of ether oxygens (including phenoxy) is 1. The van der Waals surface area contributed by atoms with Crippen molar-refractivity contribution in [3.8, 4) is 5.75 Å². The minimum Gasteiger partial charge on any atom is -0.487 e. The van der Waals surface area contributed by atoms with Gasteiger partial charge in [0.15, 0.2) is 11.6 Å². The molecular weight excluding hydrogens is 497 g/mol.